The third-order valence-corrected chi connectivity index (χ3v) is 4.47. The van der Waals surface area contributed by atoms with Crippen LogP contribution in [0.1, 0.15) is 30.4 Å². The summed E-state index contributed by atoms with van der Waals surface area (Å²) in [5.74, 6) is 1.88. The SMILES string of the molecule is CCOc1ccc(Cl)cc1[C@@H]1CC(=O)Nc2cc3c(cc21)OCO3. The molecule has 0 fully saturated rings. The number of anilines is 1. The van der Waals surface area contributed by atoms with Gasteiger partial charge in [0.2, 0.25) is 12.7 Å². The summed E-state index contributed by atoms with van der Waals surface area (Å²) in [7, 11) is 0. The number of hydrogen-bond acceptors (Lipinski definition) is 4. The normalized spacial score (nSPS) is 18.1. The van der Waals surface area contributed by atoms with Crippen LogP contribution < -0.4 is 19.5 Å². The highest BCUT2D eigenvalue weighted by atomic mass is 35.5. The summed E-state index contributed by atoms with van der Waals surface area (Å²) in [5.41, 5.74) is 2.62. The lowest BCUT2D eigenvalue weighted by atomic mass is 9.84. The largest absolute Gasteiger partial charge is 0.494 e. The maximum Gasteiger partial charge on any atom is 0.231 e. The number of halogens is 1. The molecule has 0 saturated carbocycles. The maximum absolute atomic E-state index is 12.2. The lowest BCUT2D eigenvalue weighted by molar-refractivity contribution is -0.116. The lowest BCUT2D eigenvalue weighted by Crippen LogP contribution is -2.23. The molecule has 2 aromatic rings. The highest BCUT2D eigenvalue weighted by Crippen LogP contribution is 2.46. The molecule has 2 aliphatic heterocycles. The zero-order chi connectivity index (χ0) is 16.7. The smallest absolute Gasteiger partial charge is 0.231 e. The van der Waals surface area contributed by atoms with Gasteiger partial charge in [-0.25, -0.2) is 0 Å². The number of fused-ring (bicyclic) bond motifs is 2. The molecule has 0 bridgehead atoms. The van der Waals surface area contributed by atoms with Gasteiger partial charge in [-0.05, 0) is 36.8 Å². The Morgan fingerprint density at radius 2 is 2.00 bits per heavy atom. The first-order valence-electron chi connectivity index (χ1n) is 7.81. The molecule has 2 aliphatic rings. The van der Waals surface area contributed by atoms with Crippen LogP contribution in [0, 0.1) is 0 Å². The molecule has 0 saturated heterocycles. The number of hydrogen-bond donors (Lipinski definition) is 1. The molecule has 0 unspecified atom stereocenters. The molecule has 124 valence electrons. The first kappa shape index (κ1) is 15.1. The molecular weight excluding hydrogens is 330 g/mol. The van der Waals surface area contributed by atoms with Crippen molar-refractivity contribution in [1.29, 1.82) is 0 Å². The van der Waals surface area contributed by atoms with E-state index >= 15 is 0 Å². The predicted molar refractivity (Wildman–Crippen MR) is 90.3 cm³/mol. The number of benzene rings is 2. The first-order chi connectivity index (χ1) is 11.7. The van der Waals surface area contributed by atoms with E-state index in [4.69, 9.17) is 25.8 Å². The van der Waals surface area contributed by atoms with E-state index in [1.807, 2.05) is 31.2 Å². The van der Waals surface area contributed by atoms with Gasteiger partial charge in [0.15, 0.2) is 11.5 Å². The van der Waals surface area contributed by atoms with Crippen LogP contribution in [0.4, 0.5) is 5.69 Å². The van der Waals surface area contributed by atoms with Crippen LogP contribution in [0.5, 0.6) is 17.2 Å². The topological polar surface area (TPSA) is 56.8 Å². The molecule has 6 heteroatoms. The first-order valence-corrected chi connectivity index (χ1v) is 8.19. The lowest BCUT2D eigenvalue weighted by Gasteiger charge is -2.27. The monoisotopic (exact) mass is 345 g/mol. The fourth-order valence-corrected chi connectivity index (χ4v) is 3.39. The number of nitrogens with one attached hydrogen (secondary N) is 1. The van der Waals surface area contributed by atoms with E-state index in [1.165, 1.54) is 0 Å². The second kappa shape index (κ2) is 5.91. The molecule has 5 nitrogen and oxygen atoms in total. The van der Waals surface area contributed by atoms with E-state index in [0.717, 1.165) is 22.6 Å². The zero-order valence-electron chi connectivity index (χ0n) is 13.1. The van der Waals surface area contributed by atoms with Crippen molar-refractivity contribution >= 4 is 23.2 Å². The minimum Gasteiger partial charge on any atom is -0.494 e. The van der Waals surface area contributed by atoms with Crippen molar-refractivity contribution in [3.05, 3.63) is 46.5 Å². The number of amides is 1. The van der Waals surface area contributed by atoms with Gasteiger partial charge in [-0.1, -0.05) is 11.6 Å². The number of ether oxygens (including phenoxy) is 3. The fourth-order valence-electron chi connectivity index (χ4n) is 3.21. The van der Waals surface area contributed by atoms with E-state index in [-0.39, 0.29) is 18.6 Å². The van der Waals surface area contributed by atoms with Crippen LogP contribution in [0.25, 0.3) is 0 Å². The molecule has 4 rings (SSSR count). The molecule has 0 aliphatic carbocycles. The van der Waals surface area contributed by atoms with Crippen LogP contribution >= 0.6 is 11.6 Å². The average molecular weight is 346 g/mol. The number of carbonyl (C=O) groups is 1. The molecule has 1 atom stereocenters. The third kappa shape index (κ3) is 2.55. The van der Waals surface area contributed by atoms with Gasteiger partial charge in [0.05, 0.1) is 6.61 Å². The van der Waals surface area contributed by atoms with E-state index in [0.29, 0.717) is 29.5 Å². The van der Waals surface area contributed by atoms with Gasteiger partial charge in [0.1, 0.15) is 5.75 Å². The Hall–Kier alpha value is -2.40. The van der Waals surface area contributed by atoms with Crippen molar-refractivity contribution in [3.63, 3.8) is 0 Å². The number of carbonyl (C=O) groups excluding carboxylic acids is 1. The minimum absolute atomic E-state index is 0.0474. The van der Waals surface area contributed by atoms with Gasteiger partial charge in [-0.3, -0.25) is 4.79 Å². The zero-order valence-corrected chi connectivity index (χ0v) is 13.9. The summed E-state index contributed by atoms with van der Waals surface area (Å²) in [6.07, 6.45) is 0.326. The summed E-state index contributed by atoms with van der Waals surface area (Å²) in [6, 6.07) is 9.25. The summed E-state index contributed by atoms with van der Waals surface area (Å²) in [6.45, 7) is 2.66. The third-order valence-electron chi connectivity index (χ3n) is 4.23. The molecule has 1 N–H and O–H groups in total. The Morgan fingerprint density at radius 3 is 2.79 bits per heavy atom. The predicted octanol–water partition coefficient (Wildman–Crippen LogP) is 3.94. The van der Waals surface area contributed by atoms with Crippen molar-refractivity contribution < 1.29 is 19.0 Å². The molecule has 0 spiro atoms. The van der Waals surface area contributed by atoms with Crippen LogP contribution in [-0.4, -0.2) is 19.3 Å². The molecule has 2 heterocycles. The van der Waals surface area contributed by atoms with Gasteiger partial charge in [0, 0.05) is 34.7 Å². The van der Waals surface area contributed by atoms with Crippen LogP contribution in [-0.2, 0) is 4.79 Å². The quantitative estimate of drug-likeness (QED) is 0.915. The second-order valence-electron chi connectivity index (χ2n) is 5.71. The highest BCUT2D eigenvalue weighted by molar-refractivity contribution is 6.30. The Balaban J connectivity index is 1.86. The Bertz CT molecular complexity index is 821. The summed E-state index contributed by atoms with van der Waals surface area (Å²) < 4.78 is 16.6. The Kier molecular flexibility index (Phi) is 3.73. The maximum atomic E-state index is 12.2. The fraction of sp³-hybridized carbons (Fsp3) is 0.278. The molecular formula is C18H16ClNO4. The average Bonchev–Trinajstić information content (AvgIpc) is 3.01. The van der Waals surface area contributed by atoms with Gasteiger partial charge < -0.3 is 19.5 Å². The van der Waals surface area contributed by atoms with Crippen LogP contribution in [0.15, 0.2) is 30.3 Å². The summed E-state index contributed by atoms with van der Waals surface area (Å²) in [5, 5.41) is 3.52. The van der Waals surface area contributed by atoms with Crippen molar-refractivity contribution in [2.24, 2.45) is 0 Å². The molecule has 2 aromatic carbocycles. The van der Waals surface area contributed by atoms with Crippen molar-refractivity contribution in [1.82, 2.24) is 0 Å². The van der Waals surface area contributed by atoms with Crippen molar-refractivity contribution in [2.45, 2.75) is 19.3 Å². The standard InChI is InChI=1S/C18H16ClNO4/c1-2-22-15-4-3-10(19)5-13(15)11-7-18(21)20-14-8-17-16(6-12(11)14)23-9-24-17/h3-6,8,11H,2,7,9H2,1H3,(H,20,21)/t11-/m1/s1. The van der Waals surface area contributed by atoms with Gasteiger partial charge in [-0.15, -0.1) is 0 Å². The van der Waals surface area contributed by atoms with Gasteiger partial charge >= 0.3 is 0 Å². The van der Waals surface area contributed by atoms with E-state index < -0.39 is 0 Å². The Labute approximate surface area is 144 Å². The number of rotatable bonds is 3. The van der Waals surface area contributed by atoms with Crippen molar-refractivity contribution in [3.8, 4) is 17.2 Å². The van der Waals surface area contributed by atoms with Gasteiger partial charge in [0.25, 0.3) is 0 Å². The Morgan fingerprint density at radius 1 is 1.21 bits per heavy atom. The molecule has 0 radical (unpaired) electrons. The van der Waals surface area contributed by atoms with Crippen LogP contribution in [0.3, 0.4) is 0 Å². The van der Waals surface area contributed by atoms with E-state index in [9.17, 15) is 4.79 Å². The van der Waals surface area contributed by atoms with Gasteiger partial charge in [-0.2, -0.15) is 0 Å². The molecule has 1 amide bonds. The highest BCUT2D eigenvalue weighted by Gasteiger charge is 2.31. The summed E-state index contributed by atoms with van der Waals surface area (Å²) >= 11 is 6.19. The molecule has 0 aromatic heterocycles. The van der Waals surface area contributed by atoms with Crippen LogP contribution in [0.2, 0.25) is 5.02 Å². The summed E-state index contributed by atoms with van der Waals surface area (Å²) in [4.78, 5) is 12.2. The van der Waals surface area contributed by atoms with Crippen molar-refractivity contribution in [2.75, 3.05) is 18.7 Å². The van der Waals surface area contributed by atoms with E-state index in [1.54, 1.807) is 6.07 Å². The second-order valence-corrected chi connectivity index (χ2v) is 6.15. The van der Waals surface area contributed by atoms with E-state index in [2.05, 4.69) is 5.32 Å². The molecule has 24 heavy (non-hydrogen) atoms. The minimum atomic E-state index is -0.150.